The van der Waals surface area contributed by atoms with Crippen LogP contribution in [0.5, 0.6) is 0 Å². The maximum atomic E-state index is 3.68. The van der Waals surface area contributed by atoms with Gasteiger partial charge in [0, 0.05) is 6.04 Å². The van der Waals surface area contributed by atoms with Gasteiger partial charge in [-0.3, -0.25) is 0 Å². The van der Waals surface area contributed by atoms with E-state index in [1.54, 1.807) is 0 Å². The molecule has 0 saturated heterocycles. The normalized spacial score (nSPS) is 18.9. The average Bonchev–Trinajstić information content (AvgIpc) is 2.79. The Morgan fingerprint density at radius 1 is 1.25 bits per heavy atom. The van der Waals surface area contributed by atoms with Crippen LogP contribution < -0.4 is 5.32 Å². The van der Waals surface area contributed by atoms with E-state index in [1.807, 2.05) is 0 Å². The van der Waals surface area contributed by atoms with Crippen molar-refractivity contribution in [2.75, 3.05) is 6.54 Å². The second-order valence-corrected chi connectivity index (χ2v) is 5.14. The second-order valence-electron chi connectivity index (χ2n) is 5.14. The summed E-state index contributed by atoms with van der Waals surface area (Å²) in [5, 5.41) is 3.68. The summed E-state index contributed by atoms with van der Waals surface area (Å²) < 4.78 is 0. The topological polar surface area (TPSA) is 12.0 Å². The molecule has 0 radical (unpaired) electrons. The fourth-order valence-corrected chi connectivity index (χ4v) is 2.74. The molecular formula is C15H23N. The lowest BCUT2D eigenvalue weighted by Crippen LogP contribution is -2.25. The van der Waals surface area contributed by atoms with Crippen LogP contribution in [-0.2, 0) is 0 Å². The highest BCUT2D eigenvalue weighted by Gasteiger charge is 2.16. The van der Waals surface area contributed by atoms with Gasteiger partial charge in [0.25, 0.3) is 0 Å². The predicted octanol–water partition coefficient (Wildman–Crippen LogP) is 3.84. The largest absolute Gasteiger partial charge is 0.310 e. The zero-order chi connectivity index (χ0) is 11.4. The van der Waals surface area contributed by atoms with E-state index in [0.29, 0.717) is 6.04 Å². The summed E-state index contributed by atoms with van der Waals surface area (Å²) >= 11 is 0. The molecule has 1 aliphatic carbocycles. The molecule has 16 heavy (non-hydrogen) atoms. The Morgan fingerprint density at radius 2 is 1.94 bits per heavy atom. The SMILES string of the molecule is Cc1ccccc1[C@H](C)NCC1CCCC1. The van der Waals surface area contributed by atoms with Crippen LogP contribution in [0.4, 0.5) is 0 Å². The number of aryl methyl sites for hydroxylation is 1. The van der Waals surface area contributed by atoms with Crippen LogP contribution in [0.15, 0.2) is 24.3 Å². The number of hydrogen-bond acceptors (Lipinski definition) is 1. The standard InChI is InChI=1S/C15H23N/c1-12-7-3-6-10-15(12)13(2)16-11-14-8-4-5-9-14/h3,6-7,10,13-14,16H,4-5,8-9,11H2,1-2H3/t13-/m0/s1. The summed E-state index contributed by atoms with van der Waals surface area (Å²) in [6, 6.07) is 9.17. The minimum Gasteiger partial charge on any atom is -0.310 e. The van der Waals surface area contributed by atoms with Crippen molar-refractivity contribution in [1.82, 2.24) is 5.32 Å². The fourth-order valence-electron chi connectivity index (χ4n) is 2.74. The first-order chi connectivity index (χ1) is 7.77. The minimum atomic E-state index is 0.488. The molecule has 1 fully saturated rings. The molecule has 1 atom stereocenters. The Labute approximate surface area is 99.3 Å². The lowest BCUT2D eigenvalue weighted by molar-refractivity contribution is 0.452. The van der Waals surface area contributed by atoms with Crippen molar-refractivity contribution < 1.29 is 0 Å². The Bertz CT molecular complexity index is 326. The summed E-state index contributed by atoms with van der Waals surface area (Å²) in [7, 11) is 0. The molecule has 2 rings (SSSR count). The van der Waals surface area contributed by atoms with Gasteiger partial charge < -0.3 is 5.32 Å². The fraction of sp³-hybridized carbons (Fsp3) is 0.600. The molecule has 0 aliphatic heterocycles. The number of hydrogen-bond donors (Lipinski definition) is 1. The van der Waals surface area contributed by atoms with Crippen molar-refractivity contribution in [2.45, 2.75) is 45.6 Å². The van der Waals surface area contributed by atoms with Crippen LogP contribution in [0.25, 0.3) is 0 Å². The van der Waals surface area contributed by atoms with E-state index in [4.69, 9.17) is 0 Å². The Morgan fingerprint density at radius 3 is 2.62 bits per heavy atom. The molecule has 0 bridgehead atoms. The molecular weight excluding hydrogens is 194 g/mol. The molecule has 88 valence electrons. The van der Waals surface area contributed by atoms with Crippen LogP contribution in [0, 0.1) is 12.8 Å². The van der Waals surface area contributed by atoms with Crippen molar-refractivity contribution in [2.24, 2.45) is 5.92 Å². The van der Waals surface area contributed by atoms with E-state index in [1.165, 1.54) is 43.4 Å². The van der Waals surface area contributed by atoms with E-state index < -0.39 is 0 Å². The molecule has 0 heterocycles. The molecule has 1 heteroatoms. The molecule has 1 aliphatic rings. The Balaban J connectivity index is 1.87. The maximum Gasteiger partial charge on any atom is 0.0294 e. The van der Waals surface area contributed by atoms with Crippen molar-refractivity contribution in [3.63, 3.8) is 0 Å². The summed E-state index contributed by atoms with van der Waals surface area (Å²) in [6.07, 6.45) is 5.72. The maximum absolute atomic E-state index is 3.68. The van der Waals surface area contributed by atoms with Gasteiger partial charge in [0.15, 0.2) is 0 Å². The third kappa shape index (κ3) is 2.85. The van der Waals surface area contributed by atoms with Crippen molar-refractivity contribution in [1.29, 1.82) is 0 Å². The number of benzene rings is 1. The van der Waals surface area contributed by atoms with Gasteiger partial charge in [-0.2, -0.15) is 0 Å². The zero-order valence-electron chi connectivity index (χ0n) is 10.5. The molecule has 1 saturated carbocycles. The molecule has 1 aromatic carbocycles. The van der Waals surface area contributed by atoms with Gasteiger partial charge in [0.2, 0.25) is 0 Å². The summed E-state index contributed by atoms with van der Waals surface area (Å²) in [6.45, 7) is 5.66. The van der Waals surface area contributed by atoms with Crippen LogP contribution in [0.1, 0.15) is 49.8 Å². The second kappa shape index (κ2) is 5.49. The molecule has 0 amide bonds. The van der Waals surface area contributed by atoms with E-state index in [9.17, 15) is 0 Å². The van der Waals surface area contributed by atoms with Crippen molar-refractivity contribution in [3.8, 4) is 0 Å². The van der Waals surface area contributed by atoms with Gasteiger partial charge in [0.1, 0.15) is 0 Å². The lowest BCUT2D eigenvalue weighted by atomic mass is 10.0. The highest BCUT2D eigenvalue weighted by Crippen LogP contribution is 2.25. The van der Waals surface area contributed by atoms with Gasteiger partial charge in [-0.05, 0) is 50.3 Å². The van der Waals surface area contributed by atoms with Gasteiger partial charge >= 0.3 is 0 Å². The lowest BCUT2D eigenvalue weighted by Gasteiger charge is -2.19. The Hall–Kier alpha value is -0.820. The van der Waals surface area contributed by atoms with E-state index in [0.717, 1.165) is 5.92 Å². The van der Waals surface area contributed by atoms with E-state index in [-0.39, 0.29) is 0 Å². The third-order valence-electron chi connectivity index (χ3n) is 3.84. The first-order valence-corrected chi connectivity index (χ1v) is 6.56. The van der Waals surface area contributed by atoms with Gasteiger partial charge in [-0.15, -0.1) is 0 Å². The number of rotatable bonds is 4. The molecule has 0 aromatic heterocycles. The van der Waals surface area contributed by atoms with Crippen LogP contribution >= 0.6 is 0 Å². The predicted molar refractivity (Wildman–Crippen MR) is 69.6 cm³/mol. The van der Waals surface area contributed by atoms with Crippen LogP contribution in [-0.4, -0.2) is 6.54 Å². The van der Waals surface area contributed by atoms with E-state index in [2.05, 4.69) is 43.4 Å². The van der Waals surface area contributed by atoms with Gasteiger partial charge in [-0.25, -0.2) is 0 Å². The number of nitrogens with one attached hydrogen (secondary N) is 1. The van der Waals surface area contributed by atoms with Gasteiger partial charge in [-0.1, -0.05) is 37.1 Å². The molecule has 1 nitrogen and oxygen atoms in total. The van der Waals surface area contributed by atoms with Crippen LogP contribution in [0.3, 0.4) is 0 Å². The monoisotopic (exact) mass is 217 g/mol. The molecule has 0 spiro atoms. The highest BCUT2D eigenvalue weighted by molar-refractivity contribution is 5.28. The minimum absolute atomic E-state index is 0.488. The summed E-state index contributed by atoms with van der Waals surface area (Å²) in [5.41, 5.74) is 2.84. The average molecular weight is 217 g/mol. The van der Waals surface area contributed by atoms with Crippen molar-refractivity contribution in [3.05, 3.63) is 35.4 Å². The third-order valence-corrected chi connectivity index (χ3v) is 3.84. The quantitative estimate of drug-likeness (QED) is 0.808. The molecule has 0 unspecified atom stereocenters. The molecule has 1 aromatic rings. The zero-order valence-corrected chi connectivity index (χ0v) is 10.5. The summed E-state index contributed by atoms with van der Waals surface area (Å²) in [4.78, 5) is 0. The van der Waals surface area contributed by atoms with Crippen LogP contribution in [0.2, 0.25) is 0 Å². The highest BCUT2D eigenvalue weighted by atomic mass is 14.9. The Kier molecular flexibility index (Phi) is 4.00. The smallest absolute Gasteiger partial charge is 0.0294 e. The molecule has 1 N–H and O–H groups in total. The van der Waals surface area contributed by atoms with Crippen molar-refractivity contribution >= 4 is 0 Å². The van der Waals surface area contributed by atoms with Gasteiger partial charge in [0.05, 0.1) is 0 Å². The first kappa shape index (κ1) is 11.7. The first-order valence-electron chi connectivity index (χ1n) is 6.56. The summed E-state index contributed by atoms with van der Waals surface area (Å²) in [5.74, 6) is 0.923. The van der Waals surface area contributed by atoms with E-state index >= 15 is 0 Å².